The molecule has 5 heteroatoms. The van der Waals surface area contributed by atoms with E-state index in [-0.39, 0.29) is 0 Å². The fourth-order valence-electron chi connectivity index (χ4n) is 4.37. The van der Waals surface area contributed by atoms with Crippen molar-refractivity contribution in [2.45, 2.75) is 6.54 Å². The molecule has 0 unspecified atom stereocenters. The number of carbonyl (C=O) groups is 1. The highest BCUT2D eigenvalue weighted by Gasteiger charge is 2.28. The average Bonchev–Trinajstić information content (AvgIpc) is 2.76. The number of nitrogens with zero attached hydrogens (tertiary/aromatic N) is 2. The molecule has 5 nitrogen and oxygen atoms in total. The Kier molecular flexibility index (Phi) is 6.24. The number of para-hydroxylation sites is 1. The van der Waals surface area contributed by atoms with Gasteiger partial charge in [0.2, 0.25) is 0 Å². The van der Waals surface area contributed by atoms with Gasteiger partial charge in [-0.25, -0.2) is 0 Å². The van der Waals surface area contributed by atoms with Crippen LogP contribution in [0.3, 0.4) is 0 Å². The van der Waals surface area contributed by atoms with Crippen molar-refractivity contribution in [1.82, 2.24) is 4.90 Å². The van der Waals surface area contributed by atoms with Gasteiger partial charge in [0.05, 0.1) is 0 Å². The van der Waals surface area contributed by atoms with E-state index in [0.29, 0.717) is 12.5 Å². The predicted octanol–water partition coefficient (Wildman–Crippen LogP) is -0.681. The third-order valence-electron chi connectivity index (χ3n) is 6.12. The van der Waals surface area contributed by atoms with Crippen LogP contribution in [-0.4, -0.2) is 69.7 Å². The van der Waals surface area contributed by atoms with Crippen molar-refractivity contribution in [3.8, 4) is 0 Å². The summed E-state index contributed by atoms with van der Waals surface area (Å²) in [5.41, 5.74) is 2.67. The summed E-state index contributed by atoms with van der Waals surface area (Å²) in [6.07, 6.45) is 0. The van der Waals surface area contributed by atoms with Gasteiger partial charge in [-0.3, -0.25) is 4.79 Å². The first-order chi connectivity index (χ1) is 13.8. The number of piperazine rings is 2. The van der Waals surface area contributed by atoms with E-state index in [9.17, 15) is 4.79 Å². The summed E-state index contributed by atoms with van der Waals surface area (Å²) in [5.74, 6) is 0.328. The van der Waals surface area contributed by atoms with E-state index in [1.807, 2.05) is 6.07 Å². The second kappa shape index (κ2) is 9.22. The maximum atomic E-state index is 12.8. The number of rotatable bonds is 5. The minimum atomic E-state index is 0.328. The number of benzene rings is 2. The summed E-state index contributed by atoms with van der Waals surface area (Å²) in [7, 11) is 0. The zero-order valence-corrected chi connectivity index (χ0v) is 16.6. The van der Waals surface area contributed by atoms with E-state index in [1.54, 1.807) is 4.90 Å². The van der Waals surface area contributed by atoms with Crippen LogP contribution in [0.5, 0.6) is 0 Å². The predicted molar refractivity (Wildman–Crippen MR) is 112 cm³/mol. The quantitative estimate of drug-likeness (QED) is 0.721. The van der Waals surface area contributed by atoms with Crippen LogP contribution in [-0.2, 0) is 11.3 Å². The molecule has 0 radical (unpaired) electrons. The van der Waals surface area contributed by atoms with Gasteiger partial charge in [0, 0.05) is 37.4 Å². The Hall–Kier alpha value is -2.37. The van der Waals surface area contributed by atoms with E-state index >= 15 is 0 Å². The maximum Gasteiger partial charge on any atom is 0.277 e. The zero-order valence-electron chi connectivity index (χ0n) is 16.6. The van der Waals surface area contributed by atoms with Crippen LogP contribution in [0.4, 0.5) is 5.69 Å². The van der Waals surface area contributed by atoms with E-state index in [1.165, 1.54) is 16.2 Å². The molecule has 4 rings (SSSR count). The van der Waals surface area contributed by atoms with Gasteiger partial charge in [0.1, 0.15) is 32.7 Å². The topological polar surface area (TPSA) is 32.4 Å². The van der Waals surface area contributed by atoms with Gasteiger partial charge in [0.25, 0.3) is 5.91 Å². The van der Waals surface area contributed by atoms with Crippen LogP contribution in [0.2, 0.25) is 0 Å². The molecule has 0 aromatic heterocycles. The molecule has 0 aliphatic carbocycles. The first-order valence-corrected chi connectivity index (χ1v) is 10.6. The fourth-order valence-corrected chi connectivity index (χ4v) is 4.37. The highest BCUT2D eigenvalue weighted by molar-refractivity contribution is 5.77. The second-order valence-corrected chi connectivity index (χ2v) is 8.04. The zero-order chi connectivity index (χ0) is 19.2. The van der Waals surface area contributed by atoms with Gasteiger partial charge in [-0.15, -0.1) is 0 Å². The number of quaternary nitrogens is 2. The first kappa shape index (κ1) is 19.0. The molecule has 148 valence electrons. The van der Waals surface area contributed by atoms with Crippen LogP contribution in [0.1, 0.15) is 5.56 Å². The van der Waals surface area contributed by atoms with Crippen LogP contribution in [0.15, 0.2) is 60.7 Å². The molecular weight excluding hydrogens is 348 g/mol. The highest BCUT2D eigenvalue weighted by Crippen LogP contribution is 2.15. The van der Waals surface area contributed by atoms with Crippen LogP contribution < -0.4 is 14.7 Å². The van der Waals surface area contributed by atoms with Gasteiger partial charge >= 0.3 is 0 Å². The summed E-state index contributed by atoms with van der Waals surface area (Å²) < 4.78 is 0. The molecule has 2 saturated heterocycles. The van der Waals surface area contributed by atoms with Crippen molar-refractivity contribution in [3.05, 3.63) is 66.2 Å². The van der Waals surface area contributed by atoms with E-state index in [2.05, 4.69) is 64.4 Å². The van der Waals surface area contributed by atoms with Gasteiger partial charge in [-0.1, -0.05) is 48.5 Å². The largest absolute Gasteiger partial charge is 0.368 e. The van der Waals surface area contributed by atoms with Crippen molar-refractivity contribution in [3.63, 3.8) is 0 Å². The minimum Gasteiger partial charge on any atom is -0.368 e. The van der Waals surface area contributed by atoms with Gasteiger partial charge < -0.3 is 19.6 Å². The van der Waals surface area contributed by atoms with E-state index in [4.69, 9.17) is 0 Å². The van der Waals surface area contributed by atoms with Gasteiger partial charge in [-0.2, -0.15) is 0 Å². The monoisotopic (exact) mass is 380 g/mol. The van der Waals surface area contributed by atoms with Crippen LogP contribution in [0.25, 0.3) is 0 Å². The number of nitrogens with one attached hydrogen (secondary N) is 2. The third kappa shape index (κ3) is 4.91. The standard InChI is InChI=1S/C23H30N4O/c28-23(27-17-15-26(16-18-27)22-9-5-2-6-10-22)20-25-13-11-24(12-14-25)19-21-7-3-1-4-8-21/h1-10H,11-20H2/p+2. The molecule has 0 saturated carbocycles. The molecule has 2 heterocycles. The Balaban J connectivity index is 1.19. The molecule has 0 bridgehead atoms. The summed E-state index contributed by atoms with van der Waals surface area (Å²) in [5, 5.41) is 0. The molecule has 0 atom stereocenters. The number of anilines is 1. The fraction of sp³-hybridized carbons (Fsp3) is 0.435. The highest BCUT2D eigenvalue weighted by atomic mass is 16.2. The summed E-state index contributed by atoms with van der Waals surface area (Å²) in [6, 6.07) is 21.2. The van der Waals surface area contributed by atoms with Crippen molar-refractivity contribution >= 4 is 11.6 Å². The van der Waals surface area contributed by atoms with Crippen molar-refractivity contribution in [1.29, 1.82) is 0 Å². The number of hydrogen-bond donors (Lipinski definition) is 2. The van der Waals surface area contributed by atoms with Crippen LogP contribution in [0, 0.1) is 0 Å². The lowest BCUT2D eigenvalue weighted by Crippen LogP contribution is -3.28. The average molecular weight is 381 g/mol. The Morgan fingerprint density at radius 1 is 0.750 bits per heavy atom. The molecule has 0 spiro atoms. The first-order valence-electron chi connectivity index (χ1n) is 10.6. The molecule has 28 heavy (non-hydrogen) atoms. The molecule has 2 aliphatic heterocycles. The minimum absolute atomic E-state index is 0.328. The van der Waals surface area contributed by atoms with E-state index in [0.717, 1.165) is 58.9 Å². The Morgan fingerprint density at radius 3 is 1.96 bits per heavy atom. The smallest absolute Gasteiger partial charge is 0.277 e. The lowest BCUT2D eigenvalue weighted by Gasteiger charge is -2.37. The Bertz CT molecular complexity index is 736. The SMILES string of the molecule is O=C(C[NH+]1CC[NH+](Cc2ccccc2)CC1)N1CCN(c2ccccc2)CC1. The summed E-state index contributed by atoms with van der Waals surface area (Å²) in [4.78, 5) is 20.3. The summed E-state index contributed by atoms with van der Waals surface area (Å²) >= 11 is 0. The maximum absolute atomic E-state index is 12.8. The van der Waals surface area contributed by atoms with Crippen molar-refractivity contribution in [2.75, 3.05) is 63.8 Å². The van der Waals surface area contributed by atoms with Crippen molar-refractivity contribution < 1.29 is 14.6 Å². The number of amides is 1. The Morgan fingerprint density at radius 2 is 1.32 bits per heavy atom. The second-order valence-electron chi connectivity index (χ2n) is 8.04. The molecule has 2 N–H and O–H groups in total. The molecule has 2 aliphatic rings. The third-order valence-corrected chi connectivity index (χ3v) is 6.12. The normalized spacial score (nSPS) is 22.9. The molecular formula is C23H32N4O+2. The molecule has 2 fully saturated rings. The molecule has 2 aromatic rings. The van der Waals surface area contributed by atoms with Crippen molar-refractivity contribution in [2.24, 2.45) is 0 Å². The molecule has 2 aromatic carbocycles. The molecule has 1 amide bonds. The van der Waals surface area contributed by atoms with Crippen LogP contribution >= 0.6 is 0 Å². The lowest BCUT2D eigenvalue weighted by molar-refractivity contribution is -1.02. The Labute approximate surface area is 168 Å². The van der Waals surface area contributed by atoms with Gasteiger partial charge in [0.15, 0.2) is 6.54 Å². The number of hydrogen-bond acceptors (Lipinski definition) is 2. The van der Waals surface area contributed by atoms with E-state index < -0.39 is 0 Å². The summed E-state index contributed by atoms with van der Waals surface area (Å²) in [6.45, 7) is 9.79. The van der Waals surface area contributed by atoms with Gasteiger partial charge in [-0.05, 0) is 12.1 Å². The lowest BCUT2D eigenvalue weighted by atomic mass is 10.2. The number of carbonyl (C=O) groups excluding carboxylic acids is 1.